The summed E-state index contributed by atoms with van der Waals surface area (Å²) < 4.78 is 8.28. The van der Waals surface area contributed by atoms with Crippen molar-refractivity contribution in [3.8, 4) is 0 Å². The lowest BCUT2D eigenvalue weighted by molar-refractivity contribution is 0.0336. The molecule has 0 radical (unpaired) electrons. The van der Waals surface area contributed by atoms with Gasteiger partial charge in [0, 0.05) is 32.0 Å². The van der Waals surface area contributed by atoms with Crippen LogP contribution in [0.1, 0.15) is 5.69 Å². The fraction of sp³-hybridized carbons (Fsp3) is 0.455. The van der Waals surface area contributed by atoms with Crippen LogP contribution in [0.25, 0.3) is 5.78 Å². The Balaban J connectivity index is 1.87. The Morgan fingerprint density at radius 3 is 2.94 bits per heavy atom. The predicted molar refractivity (Wildman–Crippen MR) is 66.8 cm³/mol. The normalized spacial score (nSPS) is 17.7. The second-order valence-corrected chi connectivity index (χ2v) is 4.78. The molecule has 0 bridgehead atoms. The van der Waals surface area contributed by atoms with Crippen molar-refractivity contribution in [2.75, 3.05) is 26.3 Å². The van der Waals surface area contributed by atoms with Gasteiger partial charge in [-0.05, 0) is 22.0 Å². The zero-order chi connectivity index (χ0) is 11.7. The first-order valence-corrected chi connectivity index (χ1v) is 6.41. The molecular formula is C11H13BrN4O. The first-order chi connectivity index (χ1) is 8.34. The quantitative estimate of drug-likeness (QED) is 0.838. The lowest BCUT2D eigenvalue weighted by atomic mass is 10.3. The molecular weight excluding hydrogens is 284 g/mol. The highest BCUT2D eigenvalue weighted by Crippen LogP contribution is 2.19. The highest BCUT2D eigenvalue weighted by Gasteiger charge is 2.16. The van der Waals surface area contributed by atoms with Crippen LogP contribution in [0.3, 0.4) is 0 Å². The van der Waals surface area contributed by atoms with Crippen molar-refractivity contribution in [2.45, 2.75) is 6.54 Å². The minimum absolute atomic E-state index is 0.739. The minimum Gasteiger partial charge on any atom is -0.379 e. The van der Waals surface area contributed by atoms with Gasteiger partial charge in [-0.15, -0.1) is 0 Å². The van der Waals surface area contributed by atoms with E-state index in [2.05, 4.69) is 30.8 Å². The Labute approximate surface area is 108 Å². The first kappa shape index (κ1) is 11.1. The van der Waals surface area contributed by atoms with Gasteiger partial charge in [-0.3, -0.25) is 9.30 Å². The molecule has 3 rings (SSSR count). The van der Waals surface area contributed by atoms with Crippen molar-refractivity contribution in [2.24, 2.45) is 0 Å². The molecule has 0 aliphatic carbocycles. The molecule has 0 saturated carbocycles. The van der Waals surface area contributed by atoms with Gasteiger partial charge in [0.2, 0.25) is 5.78 Å². The number of imidazole rings is 1. The average molecular weight is 297 g/mol. The molecule has 0 atom stereocenters. The maximum Gasteiger partial charge on any atom is 0.234 e. The summed E-state index contributed by atoms with van der Waals surface area (Å²) >= 11 is 3.58. The summed E-state index contributed by atoms with van der Waals surface area (Å²) in [6, 6.07) is 1.90. The van der Waals surface area contributed by atoms with Crippen LogP contribution in [-0.4, -0.2) is 45.6 Å². The molecule has 1 aliphatic heterocycles. The number of morpholine rings is 1. The number of rotatable bonds is 2. The van der Waals surface area contributed by atoms with Crippen LogP contribution < -0.4 is 0 Å². The van der Waals surface area contributed by atoms with Gasteiger partial charge in [-0.1, -0.05) is 0 Å². The van der Waals surface area contributed by atoms with E-state index in [1.54, 1.807) is 6.20 Å². The number of aromatic nitrogens is 3. The predicted octanol–water partition coefficient (Wildman–Crippen LogP) is 1.32. The highest BCUT2D eigenvalue weighted by atomic mass is 79.9. The van der Waals surface area contributed by atoms with Crippen molar-refractivity contribution in [3.63, 3.8) is 0 Å². The van der Waals surface area contributed by atoms with E-state index in [0.29, 0.717) is 0 Å². The molecule has 0 spiro atoms. The van der Waals surface area contributed by atoms with Gasteiger partial charge in [0.25, 0.3) is 0 Å². The molecule has 1 aliphatic rings. The monoisotopic (exact) mass is 296 g/mol. The molecule has 6 heteroatoms. The molecule has 5 nitrogen and oxygen atoms in total. The average Bonchev–Trinajstić information content (AvgIpc) is 2.68. The number of nitrogens with zero attached hydrogens (tertiary/aromatic N) is 4. The summed E-state index contributed by atoms with van der Waals surface area (Å²) in [6.07, 6.45) is 3.72. The van der Waals surface area contributed by atoms with Crippen LogP contribution in [0, 0.1) is 0 Å². The second-order valence-electron chi connectivity index (χ2n) is 4.03. The third-order valence-corrected chi connectivity index (χ3v) is 3.73. The van der Waals surface area contributed by atoms with Gasteiger partial charge >= 0.3 is 0 Å². The van der Waals surface area contributed by atoms with Crippen molar-refractivity contribution in [1.82, 2.24) is 19.3 Å². The molecule has 0 aromatic carbocycles. The van der Waals surface area contributed by atoms with E-state index in [9.17, 15) is 0 Å². The van der Waals surface area contributed by atoms with Crippen LogP contribution in [0.4, 0.5) is 0 Å². The number of hydrogen-bond acceptors (Lipinski definition) is 4. The lowest BCUT2D eigenvalue weighted by Crippen LogP contribution is -2.35. The van der Waals surface area contributed by atoms with Crippen LogP contribution in [0.2, 0.25) is 0 Å². The van der Waals surface area contributed by atoms with E-state index >= 15 is 0 Å². The van der Waals surface area contributed by atoms with Crippen molar-refractivity contribution < 1.29 is 4.74 Å². The second kappa shape index (κ2) is 4.72. The van der Waals surface area contributed by atoms with Crippen LogP contribution in [-0.2, 0) is 11.3 Å². The Kier molecular flexibility index (Phi) is 3.09. The van der Waals surface area contributed by atoms with Gasteiger partial charge in [-0.2, -0.15) is 0 Å². The minimum atomic E-state index is 0.739. The molecule has 1 saturated heterocycles. The fourth-order valence-electron chi connectivity index (χ4n) is 1.98. The zero-order valence-corrected chi connectivity index (χ0v) is 10.9. The van der Waals surface area contributed by atoms with Crippen molar-refractivity contribution in [1.29, 1.82) is 0 Å². The topological polar surface area (TPSA) is 42.7 Å². The fourth-order valence-corrected chi connectivity index (χ4v) is 2.47. The van der Waals surface area contributed by atoms with E-state index in [0.717, 1.165) is 48.9 Å². The number of fused-ring (bicyclic) bond motifs is 1. The highest BCUT2D eigenvalue weighted by molar-refractivity contribution is 9.10. The smallest absolute Gasteiger partial charge is 0.234 e. The molecule has 3 heterocycles. The molecule has 0 amide bonds. The summed E-state index contributed by atoms with van der Waals surface area (Å²) in [7, 11) is 0. The molecule has 0 unspecified atom stereocenters. The summed E-state index contributed by atoms with van der Waals surface area (Å²) in [4.78, 5) is 11.1. The molecule has 0 N–H and O–H groups in total. The van der Waals surface area contributed by atoms with E-state index < -0.39 is 0 Å². The zero-order valence-electron chi connectivity index (χ0n) is 9.34. The largest absolute Gasteiger partial charge is 0.379 e. The van der Waals surface area contributed by atoms with E-state index in [4.69, 9.17) is 4.74 Å². The maximum absolute atomic E-state index is 5.34. The SMILES string of the molecule is Brc1c(CN2CCOCC2)nc2ncccn12. The maximum atomic E-state index is 5.34. The third kappa shape index (κ3) is 2.20. The Morgan fingerprint density at radius 1 is 1.35 bits per heavy atom. The van der Waals surface area contributed by atoms with E-state index in [1.165, 1.54) is 0 Å². The van der Waals surface area contributed by atoms with E-state index in [-0.39, 0.29) is 0 Å². The first-order valence-electron chi connectivity index (χ1n) is 5.62. The number of ether oxygens (including phenoxy) is 1. The third-order valence-electron chi connectivity index (χ3n) is 2.89. The Morgan fingerprint density at radius 2 is 2.18 bits per heavy atom. The molecule has 2 aromatic rings. The summed E-state index contributed by atoms with van der Waals surface area (Å²) in [6.45, 7) is 4.39. The van der Waals surface area contributed by atoms with Gasteiger partial charge in [-0.25, -0.2) is 9.97 Å². The van der Waals surface area contributed by atoms with Crippen molar-refractivity contribution in [3.05, 3.63) is 28.8 Å². The van der Waals surface area contributed by atoms with E-state index in [1.807, 2.05) is 16.7 Å². The number of halogens is 1. The summed E-state index contributed by atoms with van der Waals surface area (Å²) in [5.74, 6) is 0.739. The number of hydrogen-bond donors (Lipinski definition) is 0. The van der Waals surface area contributed by atoms with Crippen LogP contribution >= 0.6 is 15.9 Å². The van der Waals surface area contributed by atoms with Crippen LogP contribution in [0.5, 0.6) is 0 Å². The summed E-state index contributed by atoms with van der Waals surface area (Å²) in [5, 5.41) is 0. The molecule has 2 aromatic heterocycles. The molecule has 17 heavy (non-hydrogen) atoms. The van der Waals surface area contributed by atoms with Gasteiger partial charge in [0.15, 0.2) is 0 Å². The van der Waals surface area contributed by atoms with Gasteiger partial charge < -0.3 is 4.74 Å². The Bertz CT molecular complexity index is 521. The van der Waals surface area contributed by atoms with Gasteiger partial charge in [0.1, 0.15) is 4.60 Å². The van der Waals surface area contributed by atoms with Crippen LogP contribution in [0.15, 0.2) is 23.1 Å². The van der Waals surface area contributed by atoms with Crippen molar-refractivity contribution >= 4 is 21.7 Å². The van der Waals surface area contributed by atoms with Gasteiger partial charge in [0.05, 0.1) is 18.9 Å². The molecule has 90 valence electrons. The lowest BCUT2D eigenvalue weighted by Gasteiger charge is -2.25. The standard InChI is InChI=1S/C11H13BrN4O/c12-10-9(8-15-4-6-17-7-5-15)14-11-13-2-1-3-16(10)11/h1-3H,4-8H2. The summed E-state index contributed by atoms with van der Waals surface area (Å²) in [5.41, 5.74) is 1.03. The molecule has 1 fully saturated rings. The Hall–Kier alpha value is -0.980.